The number of imidazole rings is 1. The molecule has 1 N–H and O–H groups in total. The van der Waals surface area contributed by atoms with Crippen LogP contribution in [-0.2, 0) is 6.54 Å². The largest absolute Gasteiger partial charge is 0.492 e. The lowest BCUT2D eigenvalue weighted by Crippen LogP contribution is -2.06. The number of hydrogen-bond acceptors (Lipinski definition) is 3. The van der Waals surface area contributed by atoms with Crippen molar-refractivity contribution in [2.75, 3.05) is 6.61 Å². The Kier molecular flexibility index (Phi) is 4.29. The van der Waals surface area contributed by atoms with E-state index < -0.39 is 0 Å². The van der Waals surface area contributed by atoms with Crippen LogP contribution in [0.25, 0.3) is 22.4 Å². The molecule has 0 fully saturated rings. The third-order valence-electron chi connectivity index (χ3n) is 4.04. The Morgan fingerprint density at radius 1 is 0.920 bits per heavy atom. The Labute approximate surface area is 145 Å². The fourth-order valence-electron chi connectivity index (χ4n) is 2.71. The molecule has 0 atom stereocenters. The van der Waals surface area contributed by atoms with Crippen molar-refractivity contribution >= 4 is 0 Å². The number of nitrogens with zero attached hydrogens (tertiary/aromatic N) is 3. The van der Waals surface area contributed by atoms with Gasteiger partial charge < -0.3 is 9.30 Å². The molecule has 0 aliphatic carbocycles. The average molecular weight is 330 g/mol. The van der Waals surface area contributed by atoms with Gasteiger partial charge in [-0.3, -0.25) is 5.10 Å². The van der Waals surface area contributed by atoms with Gasteiger partial charge in [0.25, 0.3) is 0 Å². The van der Waals surface area contributed by atoms with Crippen LogP contribution in [-0.4, -0.2) is 26.4 Å². The van der Waals surface area contributed by atoms with Crippen molar-refractivity contribution in [2.24, 2.45) is 0 Å². The zero-order chi connectivity index (χ0) is 16.9. The molecule has 124 valence electrons. The standard InChI is InChI=1S/C20H18N4O/c1-2-17(14-18(3-1)20-8-9-22-23-20)16-4-6-19(7-5-16)25-13-12-24-11-10-21-15-24/h1-11,14-15H,12-13H2,(H,22,23). The van der Waals surface area contributed by atoms with E-state index in [1.165, 1.54) is 0 Å². The predicted octanol–water partition coefficient (Wildman–Crippen LogP) is 4.02. The highest BCUT2D eigenvalue weighted by atomic mass is 16.5. The van der Waals surface area contributed by atoms with Gasteiger partial charge in [-0.1, -0.05) is 30.3 Å². The van der Waals surface area contributed by atoms with Crippen LogP contribution in [0.1, 0.15) is 0 Å². The monoisotopic (exact) mass is 330 g/mol. The summed E-state index contributed by atoms with van der Waals surface area (Å²) in [5, 5.41) is 7.01. The molecule has 0 amide bonds. The molecule has 0 aliphatic heterocycles. The molecule has 2 aromatic heterocycles. The molecule has 5 nitrogen and oxygen atoms in total. The summed E-state index contributed by atoms with van der Waals surface area (Å²) in [6, 6.07) is 18.5. The first kappa shape index (κ1) is 15.2. The summed E-state index contributed by atoms with van der Waals surface area (Å²) >= 11 is 0. The summed E-state index contributed by atoms with van der Waals surface area (Å²) in [4.78, 5) is 4.02. The fourth-order valence-corrected chi connectivity index (χ4v) is 2.71. The third kappa shape index (κ3) is 3.61. The van der Waals surface area contributed by atoms with Gasteiger partial charge in [0, 0.05) is 24.2 Å². The molecule has 0 aliphatic rings. The Bertz CT molecular complexity index is 913. The van der Waals surface area contributed by atoms with Crippen molar-refractivity contribution in [1.29, 1.82) is 0 Å². The molecular weight excluding hydrogens is 312 g/mol. The van der Waals surface area contributed by atoms with Crippen LogP contribution < -0.4 is 4.74 Å². The molecule has 0 bridgehead atoms. The van der Waals surface area contributed by atoms with E-state index in [9.17, 15) is 0 Å². The number of ether oxygens (including phenoxy) is 1. The maximum atomic E-state index is 5.79. The highest BCUT2D eigenvalue weighted by Gasteiger charge is 2.03. The SMILES string of the molecule is c1cc(-c2ccc(OCCn3ccnc3)cc2)cc(-c2ccn[nH]2)c1. The summed E-state index contributed by atoms with van der Waals surface area (Å²) in [5.41, 5.74) is 4.46. The minimum atomic E-state index is 0.616. The normalized spacial score (nSPS) is 10.7. The number of rotatable bonds is 6. The van der Waals surface area contributed by atoms with Crippen LogP contribution in [0.4, 0.5) is 0 Å². The van der Waals surface area contributed by atoms with Gasteiger partial charge in [0.15, 0.2) is 0 Å². The molecule has 25 heavy (non-hydrogen) atoms. The Balaban J connectivity index is 1.44. The van der Waals surface area contributed by atoms with Gasteiger partial charge in [-0.15, -0.1) is 0 Å². The van der Waals surface area contributed by atoms with Crippen molar-refractivity contribution in [3.63, 3.8) is 0 Å². The first-order valence-electron chi connectivity index (χ1n) is 8.17. The predicted molar refractivity (Wildman–Crippen MR) is 97.2 cm³/mol. The number of nitrogens with one attached hydrogen (secondary N) is 1. The van der Waals surface area contributed by atoms with Crippen LogP contribution in [0.5, 0.6) is 5.75 Å². The van der Waals surface area contributed by atoms with Crippen molar-refractivity contribution in [1.82, 2.24) is 19.7 Å². The van der Waals surface area contributed by atoms with E-state index in [2.05, 4.69) is 51.6 Å². The first-order valence-corrected chi connectivity index (χ1v) is 8.17. The van der Waals surface area contributed by atoms with E-state index in [0.717, 1.165) is 34.7 Å². The Hall–Kier alpha value is -3.34. The van der Waals surface area contributed by atoms with Gasteiger partial charge in [-0.05, 0) is 35.4 Å². The van der Waals surface area contributed by atoms with Crippen LogP contribution >= 0.6 is 0 Å². The summed E-state index contributed by atoms with van der Waals surface area (Å²) in [6.07, 6.45) is 7.25. The van der Waals surface area contributed by atoms with Gasteiger partial charge in [0.2, 0.25) is 0 Å². The van der Waals surface area contributed by atoms with Gasteiger partial charge in [0.1, 0.15) is 12.4 Å². The topological polar surface area (TPSA) is 55.7 Å². The number of H-pyrrole nitrogens is 1. The lowest BCUT2D eigenvalue weighted by molar-refractivity contribution is 0.298. The average Bonchev–Trinajstić information content (AvgIpc) is 3.37. The molecule has 0 saturated carbocycles. The maximum Gasteiger partial charge on any atom is 0.119 e. The van der Waals surface area contributed by atoms with E-state index in [4.69, 9.17) is 4.74 Å². The third-order valence-corrected chi connectivity index (χ3v) is 4.04. The lowest BCUT2D eigenvalue weighted by atomic mass is 10.0. The zero-order valence-electron chi connectivity index (χ0n) is 13.7. The van der Waals surface area contributed by atoms with Crippen molar-refractivity contribution < 1.29 is 4.74 Å². The highest BCUT2D eigenvalue weighted by Crippen LogP contribution is 2.26. The van der Waals surface area contributed by atoms with Crippen molar-refractivity contribution in [2.45, 2.75) is 6.54 Å². The number of aromatic nitrogens is 4. The van der Waals surface area contributed by atoms with Crippen LogP contribution in [0, 0.1) is 0 Å². The van der Waals surface area contributed by atoms with Crippen LogP contribution in [0.2, 0.25) is 0 Å². The van der Waals surface area contributed by atoms with E-state index >= 15 is 0 Å². The smallest absolute Gasteiger partial charge is 0.119 e. The molecule has 0 unspecified atom stereocenters. The second-order valence-electron chi connectivity index (χ2n) is 5.72. The van der Waals surface area contributed by atoms with Gasteiger partial charge in [-0.2, -0.15) is 5.10 Å². The summed E-state index contributed by atoms with van der Waals surface area (Å²) < 4.78 is 7.79. The lowest BCUT2D eigenvalue weighted by Gasteiger charge is -2.08. The molecule has 5 heteroatoms. The molecule has 4 rings (SSSR count). The molecule has 0 saturated heterocycles. The summed E-state index contributed by atoms with van der Waals surface area (Å²) in [6.45, 7) is 1.40. The molecular formula is C20H18N4O. The van der Waals surface area contributed by atoms with Gasteiger partial charge in [0.05, 0.1) is 18.6 Å². The van der Waals surface area contributed by atoms with E-state index in [1.807, 2.05) is 29.0 Å². The summed E-state index contributed by atoms with van der Waals surface area (Å²) in [7, 11) is 0. The van der Waals surface area contributed by atoms with Gasteiger partial charge in [-0.25, -0.2) is 4.98 Å². The first-order chi connectivity index (χ1) is 12.4. The molecule has 2 aromatic carbocycles. The minimum absolute atomic E-state index is 0.616. The highest BCUT2D eigenvalue weighted by molar-refractivity contribution is 5.71. The van der Waals surface area contributed by atoms with Crippen LogP contribution in [0.15, 0.2) is 79.5 Å². The molecule has 0 spiro atoms. The summed E-state index contributed by atoms with van der Waals surface area (Å²) in [5.74, 6) is 0.869. The van der Waals surface area contributed by atoms with E-state index in [-0.39, 0.29) is 0 Å². The van der Waals surface area contributed by atoms with Crippen molar-refractivity contribution in [3.05, 3.63) is 79.5 Å². The molecule has 2 heterocycles. The Morgan fingerprint density at radius 2 is 1.80 bits per heavy atom. The quantitative estimate of drug-likeness (QED) is 0.581. The number of aromatic amines is 1. The Morgan fingerprint density at radius 3 is 2.56 bits per heavy atom. The van der Waals surface area contributed by atoms with E-state index in [0.29, 0.717) is 6.61 Å². The van der Waals surface area contributed by atoms with E-state index in [1.54, 1.807) is 18.7 Å². The maximum absolute atomic E-state index is 5.79. The fraction of sp³-hybridized carbons (Fsp3) is 0.100. The number of hydrogen-bond donors (Lipinski definition) is 1. The van der Waals surface area contributed by atoms with Crippen LogP contribution in [0.3, 0.4) is 0 Å². The van der Waals surface area contributed by atoms with Gasteiger partial charge >= 0.3 is 0 Å². The number of benzene rings is 2. The molecule has 4 aromatic rings. The zero-order valence-corrected chi connectivity index (χ0v) is 13.7. The van der Waals surface area contributed by atoms with Crippen molar-refractivity contribution in [3.8, 4) is 28.1 Å². The second kappa shape index (κ2) is 7.05. The second-order valence-corrected chi connectivity index (χ2v) is 5.72. The molecule has 0 radical (unpaired) electrons. The minimum Gasteiger partial charge on any atom is -0.492 e.